The first-order chi connectivity index (χ1) is 13.4. The molecule has 0 bridgehead atoms. The fourth-order valence-electron chi connectivity index (χ4n) is 3.41. The van der Waals surface area contributed by atoms with Gasteiger partial charge in [-0.05, 0) is 55.7 Å². The molecule has 3 aromatic rings. The van der Waals surface area contributed by atoms with E-state index in [0.29, 0.717) is 23.8 Å². The van der Waals surface area contributed by atoms with Gasteiger partial charge in [-0.2, -0.15) is 0 Å². The topological polar surface area (TPSA) is 65.2 Å². The van der Waals surface area contributed by atoms with Crippen molar-refractivity contribution in [2.45, 2.75) is 33.7 Å². The van der Waals surface area contributed by atoms with Crippen LogP contribution in [0.15, 0.2) is 47.3 Å². The Labute approximate surface area is 169 Å². The van der Waals surface area contributed by atoms with E-state index in [4.69, 9.17) is 11.6 Å². The van der Waals surface area contributed by atoms with Crippen LogP contribution in [-0.2, 0) is 6.54 Å². The molecule has 1 heterocycles. The highest BCUT2D eigenvalue weighted by atomic mass is 35.5. The fourth-order valence-corrected chi connectivity index (χ4v) is 3.60. The maximum atomic E-state index is 12.9. The van der Waals surface area contributed by atoms with Crippen LogP contribution in [0.2, 0.25) is 5.02 Å². The van der Waals surface area contributed by atoms with Crippen molar-refractivity contribution in [1.29, 1.82) is 0 Å². The molecule has 146 valence electrons. The lowest BCUT2D eigenvalue weighted by Gasteiger charge is -2.23. The van der Waals surface area contributed by atoms with Crippen LogP contribution in [0.25, 0.3) is 10.9 Å². The summed E-state index contributed by atoms with van der Waals surface area (Å²) in [4.78, 5) is 29.7. The van der Waals surface area contributed by atoms with Crippen LogP contribution in [0.5, 0.6) is 0 Å². The minimum Gasteiger partial charge on any atom is -0.322 e. The number of fused-ring (bicyclic) bond motifs is 1. The molecule has 0 spiro atoms. The number of aromatic amines is 1. The van der Waals surface area contributed by atoms with Crippen molar-refractivity contribution < 1.29 is 4.79 Å². The number of rotatable bonds is 5. The van der Waals surface area contributed by atoms with Crippen molar-refractivity contribution in [3.05, 3.63) is 74.5 Å². The van der Waals surface area contributed by atoms with Gasteiger partial charge in [0.2, 0.25) is 5.56 Å². The summed E-state index contributed by atoms with van der Waals surface area (Å²) in [6.45, 7) is 6.95. The molecule has 5 nitrogen and oxygen atoms in total. The van der Waals surface area contributed by atoms with Crippen LogP contribution in [0.4, 0.5) is 10.5 Å². The minimum absolute atomic E-state index is 0.166. The monoisotopic (exact) mass is 397 g/mol. The highest BCUT2D eigenvalue weighted by molar-refractivity contribution is 6.30. The molecule has 0 aliphatic heterocycles. The molecular weight excluding hydrogens is 374 g/mol. The van der Waals surface area contributed by atoms with Crippen molar-refractivity contribution in [2.75, 3.05) is 11.9 Å². The first-order valence-electron chi connectivity index (χ1n) is 9.32. The van der Waals surface area contributed by atoms with Gasteiger partial charge < -0.3 is 15.2 Å². The number of nitrogens with one attached hydrogen (secondary N) is 2. The number of H-pyrrole nitrogens is 1. The van der Waals surface area contributed by atoms with Crippen LogP contribution in [0, 0.1) is 13.8 Å². The number of hydrogen-bond donors (Lipinski definition) is 2. The van der Waals surface area contributed by atoms with E-state index >= 15 is 0 Å². The summed E-state index contributed by atoms with van der Waals surface area (Å²) < 4.78 is 0. The predicted molar refractivity (Wildman–Crippen MR) is 115 cm³/mol. The number of carbonyl (C=O) groups is 1. The lowest BCUT2D eigenvalue weighted by molar-refractivity contribution is 0.209. The molecular formula is C22H24ClN3O2. The van der Waals surface area contributed by atoms with Gasteiger partial charge in [-0.1, -0.05) is 36.2 Å². The second kappa shape index (κ2) is 8.48. The highest BCUT2D eigenvalue weighted by Crippen LogP contribution is 2.23. The molecule has 0 saturated heterocycles. The maximum absolute atomic E-state index is 12.9. The largest absolute Gasteiger partial charge is 0.322 e. The Kier molecular flexibility index (Phi) is 6.05. The molecule has 0 saturated carbocycles. The van der Waals surface area contributed by atoms with Crippen LogP contribution in [0.3, 0.4) is 0 Å². The Balaban J connectivity index is 1.94. The molecule has 0 radical (unpaired) electrons. The molecule has 0 unspecified atom stereocenters. The lowest BCUT2D eigenvalue weighted by atomic mass is 10.0. The summed E-state index contributed by atoms with van der Waals surface area (Å²) in [5.74, 6) is 0. The molecule has 0 aliphatic carbocycles. The lowest BCUT2D eigenvalue weighted by Crippen LogP contribution is -2.35. The SMILES string of the molecule is CCCN(Cc1cc(=O)[nH]c2c(C)cc(C)cc12)C(=O)Nc1cccc(Cl)c1. The van der Waals surface area contributed by atoms with Gasteiger partial charge in [0.05, 0.1) is 5.52 Å². The smallest absolute Gasteiger partial charge is 0.322 e. The summed E-state index contributed by atoms with van der Waals surface area (Å²) in [7, 11) is 0. The summed E-state index contributed by atoms with van der Waals surface area (Å²) in [6.07, 6.45) is 0.808. The van der Waals surface area contributed by atoms with Gasteiger partial charge in [-0.15, -0.1) is 0 Å². The van der Waals surface area contributed by atoms with E-state index in [9.17, 15) is 9.59 Å². The van der Waals surface area contributed by atoms with Crippen LogP contribution in [-0.4, -0.2) is 22.5 Å². The van der Waals surface area contributed by atoms with Gasteiger partial charge in [0.25, 0.3) is 0 Å². The normalized spacial score (nSPS) is 10.9. The highest BCUT2D eigenvalue weighted by Gasteiger charge is 2.16. The number of pyridine rings is 1. The van der Waals surface area contributed by atoms with E-state index in [2.05, 4.69) is 10.3 Å². The van der Waals surface area contributed by atoms with E-state index in [1.807, 2.05) is 32.9 Å². The summed E-state index contributed by atoms with van der Waals surface area (Å²) in [5.41, 5.74) is 4.25. The molecule has 2 aromatic carbocycles. The second-order valence-electron chi connectivity index (χ2n) is 7.03. The number of halogens is 1. The first-order valence-corrected chi connectivity index (χ1v) is 9.70. The Hall–Kier alpha value is -2.79. The third-order valence-electron chi connectivity index (χ3n) is 4.60. The Morgan fingerprint density at radius 3 is 2.68 bits per heavy atom. The number of anilines is 1. The molecule has 0 fully saturated rings. The van der Waals surface area contributed by atoms with E-state index in [1.54, 1.807) is 35.2 Å². The molecule has 28 heavy (non-hydrogen) atoms. The standard InChI is InChI=1S/C22H24ClN3O2/c1-4-8-26(22(28)24-18-7-5-6-17(23)12-18)13-16-11-20(27)25-21-15(3)9-14(2)10-19(16)21/h5-7,9-12H,4,8,13H2,1-3H3,(H,24,28)(H,25,27). The predicted octanol–water partition coefficient (Wildman–Crippen LogP) is 5.24. The number of aromatic nitrogens is 1. The van der Waals surface area contributed by atoms with Crippen molar-refractivity contribution in [2.24, 2.45) is 0 Å². The third-order valence-corrected chi connectivity index (χ3v) is 4.83. The van der Waals surface area contributed by atoms with Crippen LogP contribution >= 0.6 is 11.6 Å². The fraction of sp³-hybridized carbons (Fsp3) is 0.273. The quantitative estimate of drug-likeness (QED) is 0.618. The molecule has 3 rings (SSSR count). The van der Waals surface area contributed by atoms with Gasteiger partial charge in [0.1, 0.15) is 0 Å². The Morgan fingerprint density at radius 2 is 1.96 bits per heavy atom. The number of carbonyl (C=O) groups excluding carboxylic acids is 1. The van der Waals surface area contributed by atoms with Crippen LogP contribution in [0.1, 0.15) is 30.0 Å². The molecule has 0 atom stereocenters. The average Bonchev–Trinajstić information content (AvgIpc) is 2.62. The van der Waals surface area contributed by atoms with E-state index in [1.165, 1.54) is 0 Å². The average molecular weight is 398 g/mol. The molecule has 6 heteroatoms. The summed E-state index contributed by atoms with van der Waals surface area (Å²) in [5, 5.41) is 4.42. The Bertz CT molecular complexity index is 1080. The third kappa shape index (κ3) is 4.54. The van der Waals surface area contributed by atoms with Crippen molar-refractivity contribution in [3.8, 4) is 0 Å². The summed E-state index contributed by atoms with van der Waals surface area (Å²) >= 11 is 6.01. The van der Waals surface area contributed by atoms with Crippen molar-refractivity contribution >= 4 is 34.2 Å². The minimum atomic E-state index is -0.220. The summed E-state index contributed by atoms with van der Waals surface area (Å²) in [6, 6.07) is 12.5. The zero-order valence-electron chi connectivity index (χ0n) is 16.3. The molecule has 2 N–H and O–H groups in total. The van der Waals surface area contributed by atoms with Gasteiger partial charge in [-0.3, -0.25) is 4.79 Å². The molecule has 2 amide bonds. The van der Waals surface area contributed by atoms with Gasteiger partial charge in [0, 0.05) is 35.3 Å². The zero-order chi connectivity index (χ0) is 20.3. The van der Waals surface area contributed by atoms with Crippen molar-refractivity contribution in [1.82, 2.24) is 9.88 Å². The van der Waals surface area contributed by atoms with Crippen molar-refractivity contribution in [3.63, 3.8) is 0 Å². The van der Waals surface area contributed by atoms with Gasteiger partial charge in [-0.25, -0.2) is 4.79 Å². The number of benzene rings is 2. The van der Waals surface area contributed by atoms with E-state index in [-0.39, 0.29) is 11.6 Å². The number of urea groups is 1. The number of nitrogens with zero attached hydrogens (tertiary/aromatic N) is 1. The maximum Gasteiger partial charge on any atom is 0.322 e. The van der Waals surface area contributed by atoms with Crippen LogP contribution < -0.4 is 10.9 Å². The van der Waals surface area contributed by atoms with Gasteiger partial charge >= 0.3 is 6.03 Å². The van der Waals surface area contributed by atoms with E-state index < -0.39 is 0 Å². The zero-order valence-corrected chi connectivity index (χ0v) is 17.1. The van der Waals surface area contributed by atoms with Gasteiger partial charge in [0.15, 0.2) is 0 Å². The molecule has 1 aromatic heterocycles. The Morgan fingerprint density at radius 1 is 1.18 bits per heavy atom. The van der Waals surface area contributed by atoms with E-state index in [0.717, 1.165) is 34.0 Å². The first kappa shape index (κ1) is 20.0. The second-order valence-corrected chi connectivity index (χ2v) is 7.46. The number of amides is 2. The number of hydrogen-bond acceptors (Lipinski definition) is 2. The molecule has 0 aliphatic rings. The number of aryl methyl sites for hydroxylation is 2.